The normalized spacial score (nSPS) is 39.4. The number of hydrogen-bond acceptors (Lipinski definition) is 4. The van der Waals surface area contributed by atoms with E-state index >= 15 is 0 Å². The molecule has 0 aromatic heterocycles. The Bertz CT molecular complexity index is 165. The Hall–Kier alpha value is -0.160. The summed E-state index contributed by atoms with van der Waals surface area (Å²) in [6.07, 6.45) is -1.16. The number of aliphatic hydroxyl groups is 2. The number of aliphatic hydroxyl groups excluding tert-OH is 2. The molecule has 1 aliphatic rings. The average Bonchev–Trinajstić information content (AvgIpc) is 2.07. The molecule has 0 aromatic rings. The maximum Gasteiger partial charge on any atom is 0.121 e. The molecule has 1 aliphatic heterocycles. The van der Waals surface area contributed by atoms with Crippen LogP contribution in [-0.2, 0) is 0 Å². The van der Waals surface area contributed by atoms with E-state index in [2.05, 4.69) is 10.6 Å². The molecule has 84 valence electrons. The second-order valence-electron chi connectivity index (χ2n) is 4.76. The summed E-state index contributed by atoms with van der Waals surface area (Å²) < 4.78 is 0. The summed E-state index contributed by atoms with van der Waals surface area (Å²) in [7, 11) is 0. The first kappa shape index (κ1) is 11.9. The number of piperazine rings is 1. The van der Waals surface area contributed by atoms with Gasteiger partial charge >= 0.3 is 0 Å². The van der Waals surface area contributed by atoms with Crippen LogP contribution in [0.25, 0.3) is 0 Å². The molecule has 0 amide bonds. The predicted octanol–water partition coefficient (Wildman–Crippen LogP) is -0.135. The van der Waals surface area contributed by atoms with Crippen molar-refractivity contribution >= 4 is 0 Å². The Balaban J connectivity index is 2.62. The lowest BCUT2D eigenvalue weighted by Crippen LogP contribution is -2.68. The smallest absolute Gasteiger partial charge is 0.121 e. The second-order valence-corrected chi connectivity index (χ2v) is 4.76. The van der Waals surface area contributed by atoms with Gasteiger partial charge in [0.25, 0.3) is 0 Å². The van der Waals surface area contributed by atoms with Gasteiger partial charge in [-0.3, -0.25) is 10.6 Å². The van der Waals surface area contributed by atoms with E-state index < -0.39 is 12.5 Å². The maximum absolute atomic E-state index is 9.79. The van der Waals surface area contributed by atoms with Crippen LogP contribution in [-0.4, -0.2) is 34.8 Å². The van der Waals surface area contributed by atoms with Crippen LogP contribution < -0.4 is 10.6 Å². The Labute approximate surface area is 85.7 Å². The van der Waals surface area contributed by atoms with Gasteiger partial charge in [0.05, 0.1) is 12.1 Å². The molecule has 4 heteroatoms. The Kier molecular flexibility index (Phi) is 3.89. The minimum atomic E-state index is -0.578. The first-order valence-corrected chi connectivity index (χ1v) is 5.31. The monoisotopic (exact) mass is 202 g/mol. The lowest BCUT2D eigenvalue weighted by Gasteiger charge is -2.42. The molecule has 0 saturated carbocycles. The van der Waals surface area contributed by atoms with Crippen molar-refractivity contribution in [1.29, 1.82) is 0 Å². The van der Waals surface area contributed by atoms with E-state index in [0.29, 0.717) is 11.8 Å². The zero-order valence-corrected chi connectivity index (χ0v) is 9.36. The van der Waals surface area contributed by atoms with E-state index in [1.165, 1.54) is 0 Å². The van der Waals surface area contributed by atoms with Gasteiger partial charge in [-0.1, -0.05) is 27.7 Å². The zero-order chi connectivity index (χ0) is 10.9. The highest BCUT2D eigenvalue weighted by molar-refractivity contribution is 4.91. The Morgan fingerprint density at radius 2 is 1.07 bits per heavy atom. The predicted molar refractivity (Wildman–Crippen MR) is 55.5 cm³/mol. The average molecular weight is 202 g/mol. The fourth-order valence-corrected chi connectivity index (χ4v) is 1.90. The van der Waals surface area contributed by atoms with Gasteiger partial charge in [0, 0.05) is 0 Å². The molecule has 14 heavy (non-hydrogen) atoms. The van der Waals surface area contributed by atoms with Crippen LogP contribution in [0.2, 0.25) is 0 Å². The summed E-state index contributed by atoms with van der Waals surface area (Å²) in [5, 5.41) is 25.7. The second kappa shape index (κ2) is 4.57. The number of rotatable bonds is 2. The molecule has 0 spiro atoms. The zero-order valence-electron chi connectivity index (χ0n) is 9.36. The Morgan fingerprint density at radius 1 is 0.786 bits per heavy atom. The van der Waals surface area contributed by atoms with Crippen molar-refractivity contribution in [3.63, 3.8) is 0 Å². The van der Waals surface area contributed by atoms with Gasteiger partial charge in [-0.25, -0.2) is 0 Å². The van der Waals surface area contributed by atoms with Gasteiger partial charge in [-0.05, 0) is 11.8 Å². The fraction of sp³-hybridized carbons (Fsp3) is 1.00. The third kappa shape index (κ3) is 2.45. The molecule has 0 unspecified atom stereocenters. The van der Waals surface area contributed by atoms with Crippen molar-refractivity contribution < 1.29 is 10.2 Å². The largest absolute Gasteiger partial charge is 0.377 e. The molecule has 4 atom stereocenters. The molecule has 1 rings (SSSR count). The summed E-state index contributed by atoms with van der Waals surface area (Å²) in [6, 6.07) is -0.167. The van der Waals surface area contributed by atoms with Crippen molar-refractivity contribution in [3.05, 3.63) is 0 Å². The molecular weight excluding hydrogens is 180 g/mol. The quantitative estimate of drug-likeness (QED) is 0.503. The van der Waals surface area contributed by atoms with Crippen LogP contribution in [0.15, 0.2) is 0 Å². The molecular formula is C10H22N2O2. The molecule has 1 saturated heterocycles. The number of nitrogens with one attached hydrogen (secondary N) is 2. The minimum Gasteiger partial charge on any atom is -0.377 e. The fourth-order valence-electron chi connectivity index (χ4n) is 1.90. The first-order valence-electron chi connectivity index (χ1n) is 5.31. The highest BCUT2D eigenvalue weighted by atomic mass is 16.3. The van der Waals surface area contributed by atoms with Crippen molar-refractivity contribution in [2.24, 2.45) is 11.8 Å². The summed E-state index contributed by atoms with van der Waals surface area (Å²) in [5.41, 5.74) is 0. The highest BCUT2D eigenvalue weighted by Gasteiger charge is 2.36. The molecule has 4 nitrogen and oxygen atoms in total. The highest BCUT2D eigenvalue weighted by Crippen LogP contribution is 2.16. The van der Waals surface area contributed by atoms with Crippen molar-refractivity contribution in [2.75, 3.05) is 0 Å². The maximum atomic E-state index is 9.79. The van der Waals surface area contributed by atoms with E-state index in [0.717, 1.165) is 0 Å². The van der Waals surface area contributed by atoms with Crippen LogP contribution in [0.4, 0.5) is 0 Å². The van der Waals surface area contributed by atoms with Gasteiger partial charge in [0.2, 0.25) is 0 Å². The summed E-state index contributed by atoms with van der Waals surface area (Å²) >= 11 is 0. The van der Waals surface area contributed by atoms with E-state index in [4.69, 9.17) is 0 Å². The molecule has 0 radical (unpaired) electrons. The van der Waals surface area contributed by atoms with Crippen LogP contribution in [0.5, 0.6) is 0 Å². The van der Waals surface area contributed by atoms with Gasteiger partial charge in [-0.15, -0.1) is 0 Å². The van der Waals surface area contributed by atoms with Crippen molar-refractivity contribution in [1.82, 2.24) is 10.6 Å². The van der Waals surface area contributed by atoms with Gasteiger partial charge < -0.3 is 10.2 Å². The summed E-state index contributed by atoms with van der Waals surface area (Å²) in [6.45, 7) is 8.08. The minimum absolute atomic E-state index is 0.0833. The van der Waals surface area contributed by atoms with E-state index in [1.807, 2.05) is 27.7 Å². The molecule has 4 N–H and O–H groups in total. The first-order chi connectivity index (χ1) is 6.43. The third-order valence-electron chi connectivity index (χ3n) is 2.84. The van der Waals surface area contributed by atoms with Crippen molar-refractivity contribution in [2.45, 2.75) is 52.2 Å². The number of hydrogen-bond donors (Lipinski definition) is 4. The van der Waals surface area contributed by atoms with Crippen LogP contribution in [0.3, 0.4) is 0 Å². The van der Waals surface area contributed by atoms with Crippen LogP contribution in [0.1, 0.15) is 27.7 Å². The lowest BCUT2D eigenvalue weighted by molar-refractivity contribution is -0.0538. The van der Waals surface area contributed by atoms with Crippen LogP contribution in [0, 0.1) is 11.8 Å². The van der Waals surface area contributed by atoms with E-state index in [9.17, 15) is 10.2 Å². The van der Waals surface area contributed by atoms with Crippen LogP contribution >= 0.6 is 0 Å². The lowest BCUT2D eigenvalue weighted by atomic mass is 9.94. The van der Waals surface area contributed by atoms with Gasteiger partial charge in [0.1, 0.15) is 12.5 Å². The summed E-state index contributed by atoms with van der Waals surface area (Å²) in [4.78, 5) is 0. The molecule has 1 heterocycles. The SMILES string of the molecule is CC(C)[C@@H]1N[C@@H](O)[C@H](C(C)C)N[C@H]1O. The van der Waals surface area contributed by atoms with Crippen molar-refractivity contribution in [3.8, 4) is 0 Å². The van der Waals surface area contributed by atoms with E-state index in [-0.39, 0.29) is 12.1 Å². The van der Waals surface area contributed by atoms with Gasteiger partial charge in [0.15, 0.2) is 0 Å². The molecule has 0 aromatic carbocycles. The Morgan fingerprint density at radius 3 is 1.29 bits per heavy atom. The topological polar surface area (TPSA) is 64.5 Å². The van der Waals surface area contributed by atoms with E-state index in [1.54, 1.807) is 0 Å². The standard InChI is InChI=1S/C10H22N2O2/c1-5(2)7-9(13)12-8(6(3)4)10(14)11-7/h5-14H,1-4H3/t7-,8-,9-,10-/m0/s1. The molecule has 0 aliphatic carbocycles. The summed E-state index contributed by atoms with van der Waals surface area (Å²) in [5.74, 6) is 0.584. The molecule has 0 bridgehead atoms. The third-order valence-corrected chi connectivity index (χ3v) is 2.84. The van der Waals surface area contributed by atoms with Gasteiger partial charge in [-0.2, -0.15) is 0 Å². The molecule has 1 fully saturated rings.